The van der Waals surface area contributed by atoms with E-state index in [0.717, 1.165) is 16.0 Å². The van der Waals surface area contributed by atoms with Crippen LogP contribution in [0, 0.1) is 25.7 Å². The van der Waals surface area contributed by atoms with Crippen molar-refractivity contribution < 1.29 is 24.3 Å². The Morgan fingerprint density at radius 2 is 1.65 bits per heavy atom. The molecule has 2 aliphatic rings. The summed E-state index contributed by atoms with van der Waals surface area (Å²) in [5.74, 6) is -3.09. The van der Waals surface area contributed by atoms with Gasteiger partial charge in [-0.3, -0.25) is 19.2 Å². The highest BCUT2D eigenvalue weighted by Crippen LogP contribution is 2.35. The molecule has 1 aliphatic heterocycles. The molecule has 3 amide bonds. The first-order valence-corrected chi connectivity index (χ1v) is 12.0. The number of anilines is 2. The fourth-order valence-corrected chi connectivity index (χ4v) is 5.28. The van der Waals surface area contributed by atoms with Crippen LogP contribution in [0.25, 0.3) is 0 Å². The fourth-order valence-electron chi connectivity index (χ4n) is 4.23. The number of carboxylic acids is 1. The van der Waals surface area contributed by atoms with Crippen molar-refractivity contribution in [1.29, 1.82) is 0 Å². The Kier molecular flexibility index (Phi) is 6.88. The summed E-state index contributed by atoms with van der Waals surface area (Å²) >= 11 is 1.32. The average Bonchev–Trinajstić information content (AvgIpc) is 3.09. The maximum atomic E-state index is 13.0. The number of nitrogens with one attached hydrogen (secondary N) is 1. The van der Waals surface area contributed by atoms with Gasteiger partial charge in [-0.2, -0.15) is 0 Å². The van der Waals surface area contributed by atoms with Gasteiger partial charge >= 0.3 is 5.97 Å². The maximum absolute atomic E-state index is 13.0. The van der Waals surface area contributed by atoms with Gasteiger partial charge in [-0.1, -0.05) is 18.2 Å². The van der Waals surface area contributed by atoms with Crippen molar-refractivity contribution in [3.8, 4) is 0 Å². The van der Waals surface area contributed by atoms with E-state index in [1.807, 2.05) is 32.1 Å². The molecule has 1 heterocycles. The molecular weight excluding hydrogens is 452 g/mol. The second-order valence-electron chi connectivity index (χ2n) is 8.65. The Balaban J connectivity index is 1.40. The Morgan fingerprint density at radius 1 is 0.971 bits per heavy atom. The molecule has 1 aliphatic carbocycles. The number of thioether (sulfide) groups is 1. The van der Waals surface area contributed by atoms with Gasteiger partial charge in [0.1, 0.15) is 0 Å². The van der Waals surface area contributed by atoms with E-state index in [-0.39, 0.29) is 24.1 Å². The number of carbonyl (C=O) groups is 4. The lowest BCUT2D eigenvalue weighted by molar-refractivity contribution is -0.146. The van der Waals surface area contributed by atoms with Crippen molar-refractivity contribution in [2.45, 2.75) is 43.3 Å². The van der Waals surface area contributed by atoms with Crippen molar-refractivity contribution in [1.82, 2.24) is 0 Å². The molecule has 0 aromatic heterocycles. The molecule has 2 N–H and O–H groups in total. The summed E-state index contributed by atoms with van der Waals surface area (Å²) in [6.07, 6.45) is 4.50. The summed E-state index contributed by atoms with van der Waals surface area (Å²) in [6.45, 7) is 3.93. The topological polar surface area (TPSA) is 104 Å². The molecule has 176 valence electrons. The highest BCUT2D eigenvalue weighted by molar-refractivity contribution is 8.00. The monoisotopic (exact) mass is 478 g/mol. The summed E-state index contributed by atoms with van der Waals surface area (Å²) in [5.41, 5.74) is 3.26. The van der Waals surface area contributed by atoms with Crippen molar-refractivity contribution in [3.05, 3.63) is 65.7 Å². The Labute approximate surface area is 202 Å². The quantitative estimate of drug-likeness (QED) is 0.473. The smallest absolute Gasteiger partial charge is 0.307 e. The first kappa shape index (κ1) is 23.8. The van der Waals surface area contributed by atoms with Crippen LogP contribution in [-0.2, 0) is 19.2 Å². The van der Waals surface area contributed by atoms with Gasteiger partial charge in [0.2, 0.25) is 17.7 Å². The Morgan fingerprint density at radius 3 is 2.29 bits per heavy atom. The third-order valence-electron chi connectivity index (χ3n) is 6.34. The molecule has 1 fully saturated rings. The highest BCUT2D eigenvalue weighted by atomic mass is 32.2. The first-order valence-electron chi connectivity index (χ1n) is 11.1. The number of imide groups is 1. The molecular formula is C26H26N2O5S. The SMILES string of the molecule is Cc1ccc(N2C(=O)CC(Sc3ccc(NC(=O)C4CC=CCC4C(=O)O)cc3)C2=O)cc1C. The highest BCUT2D eigenvalue weighted by Gasteiger charge is 2.40. The number of benzene rings is 2. The number of nitrogens with zero attached hydrogens (tertiary/aromatic N) is 1. The van der Waals surface area contributed by atoms with Crippen molar-refractivity contribution in [2.75, 3.05) is 10.2 Å². The molecule has 3 atom stereocenters. The number of carboxylic acid groups (broad SMARTS) is 1. The van der Waals surface area contributed by atoms with Gasteiger partial charge in [-0.15, -0.1) is 11.8 Å². The molecule has 0 bridgehead atoms. The lowest BCUT2D eigenvalue weighted by atomic mass is 9.82. The van der Waals surface area contributed by atoms with Crippen molar-refractivity contribution >= 4 is 46.8 Å². The molecule has 1 saturated heterocycles. The molecule has 2 aromatic rings. The number of aliphatic carboxylic acids is 1. The molecule has 0 radical (unpaired) electrons. The molecule has 0 spiro atoms. The lowest BCUT2D eigenvalue weighted by Crippen LogP contribution is -2.34. The number of amides is 3. The second kappa shape index (κ2) is 9.85. The Bertz CT molecular complexity index is 1170. The van der Waals surface area contributed by atoms with Crippen LogP contribution in [0.4, 0.5) is 11.4 Å². The number of rotatable bonds is 6. The molecule has 0 saturated carbocycles. The number of hydrogen-bond donors (Lipinski definition) is 2. The van der Waals surface area contributed by atoms with E-state index >= 15 is 0 Å². The van der Waals surface area contributed by atoms with Gasteiger partial charge in [0.15, 0.2) is 0 Å². The second-order valence-corrected chi connectivity index (χ2v) is 9.93. The van der Waals surface area contributed by atoms with Gasteiger partial charge in [0.25, 0.3) is 0 Å². The third kappa shape index (κ3) is 4.92. The lowest BCUT2D eigenvalue weighted by Gasteiger charge is -2.24. The third-order valence-corrected chi connectivity index (χ3v) is 7.54. The summed E-state index contributed by atoms with van der Waals surface area (Å²) in [5, 5.41) is 11.7. The maximum Gasteiger partial charge on any atom is 0.307 e. The van der Waals surface area contributed by atoms with Gasteiger partial charge < -0.3 is 10.4 Å². The van der Waals surface area contributed by atoms with Gasteiger partial charge in [-0.05, 0) is 74.2 Å². The van der Waals surface area contributed by atoms with Crippen LogP contribution in [0.2, 0.25) is 0 Å². The summed E-state index contributed by atoms with van der Waals surface area (Å²) < 4.78 is 0. The van der Waals surface area contributed by atoms with Gasteiger partial charge in [0, 0.05) is 17.0 Å². The van der Waals surface area contributed by atoms with E-state index in [0.29, 0.717) is 24.2 Å². The number of carbonyl (C=O) groups excluding carboxylic acids is 3. The van der Waals surface area contributed by atoms with E-state index in [4.69, 9.17) is 0 Å². The number of allylic oxidation sites excluding steroid dienone is 2. The van der Waals surface area contributed by atoms with E-state index in [1.165, 1.54) is 16.7 Å². The zero-order chi connectivity index (χ0) is 24.4. The predicted octanol–water partition coefficient (Wildman–Crippen LogP) is 4.33. The molecule has 7 nitrogen and oxygen atoms in total. The van der Waals surface area contributed by atoms with Crippen LogP contribution in [-0.4, -0.2) is 34.0 Å². The molecule has 3 unspecified atom stereocenters. The zero-order valence-corrected chi connectivity index (χ0v) is 19.8. The van der Waals surface area contributed by atoms with Crippen LogP contribution < -0.4 is 10.2 Å². The molecule has 34 heavy (non-hydrogen) atoms. The molecule has 8 heteroatoms. The van der Waals surface area contributed by atoms with Crippen LogP contribution in [0.3, 0.4) is 0 Å². The molecule has 4 rings (SSSR count). The van der Waals surface area contributed by atoms with Crippen LogP contribution in [0.5, 0.6) is 0 Å². The van der Waals surface area contributed by atoms with Crippen molar-refractivity contribution in [3.63, 3.8) is 0 Å². The van der Waals surface area contributed by atoms with E-state index < -0.39 is 23.1 Å². The number of aryl methyl sites for hydroxylation is 2. The predicted molar refractivity (Wildman–Crippen MR) is 131 cm³/mol. The van der Waals surface area contributed by atoms with Crippen LogP contribution in [0.15, 0.2) is 59.5 Å². The van der Waals surface area contributed by atoms with Crippen LogP contribution >= 0.6 is 11.8 Å². The fraction of sp³-hybridized carbons (Fsp3) is 0.308. The minimum atomic E-state index is -0.970. The van der Waals surface area contributed by atoms with Crippen molar-refractivity contribution in [2.24, 2.45) is 11.8 Å². The summed E-state index contributed by atoms with van der Waals surface area (Å²) in [4.78, 5) is 51.7. The summed E-state index contributed by atoms with van der Waals surface area (Å²) in [6, 6.07) is 12.6. The van der Waals surface area contributed by atoms with E-state index in [9.17, 15) is 24.3 Å². The largest absolute Gasteiger partial charge is 0.481 e. The molecule has 2 aromatic carbocycles. The Hall–Kier alpha value is -3.39. The van der Waals surface area contributed by atoms with E-state index in [2.05, 4.69) is 5.32 Å². The van der Waals surface area contributed by atoms with E-state index in [1.54, 1.807) is 36.4 Å². The standard InChI is InChI=1S/C26H26N2O5S/c1-15-7-10-18(13-16(15)2)28-23(29)14-22(25(28)31)34-19-11-8-17(9-12-19)27-24(30)20-5-3-4-6-21(20)26(32)33/h3-4,7-13,20-22H,5-6,14H2,1-2H3,(H,27,30)(H,32,33). The average molecular weight is 479 g/mol. The number of hydrogen-bond acceptors (Lipinski definition) is 5. The zero-order valence-electron chi connectivity index (χ0n) is 19.0. The minimum Gasteiger partial charge on any atom is -0.481 e. The van der Waals surface area contributed by atoms with Gasteiger partial charge in [0.05, 0.1) is 22.8 Å². The normalized spacial score (nSPS) is 22.2. The minimum absolute atomic E-state index is 0.126. The van der Waals surface area contributed by atoms with Crippen LogP contribution in [0.1, 0.15) is 30.4 Å². The summed E-state index contributed by atoms with van der Waals surface area (Å²) in [7, 11) is 0. The first-order chi connectivity index (χ1) is 16.2. The van der Waals surface area contributed by atoms with Gasteiger partial charge in [-0.25, -0.2) is 4.90 Å².